The Morgan fingerprint density at radius 3 is 1.42 bits per heavy atom. The summed E-state index contributed by atoms with van der Waals surface area (Å²) in [6, 6.07) is 48.5. The highest BCUT2D eigenvalue weighted by molar-refractivity contribution is 7.27. The third-order valence-electron chi connectivity index (χ3n) is 10.1. The van der Waals surface area contributed by atoms with Crippen molar-refractivity contribution in [1.29, 1.82) is 0 Å². The molecule has 0 bridgehead atoms. The predicted octanol–water partition coefficient (Wildman–Crippen LogP) is 11.9. The highest BCUT2D eigenvalue weighted by Crippen LogP contribution is 2.49. The van der Waals surface area contributed by atoms with Crippen LogP contribution in [0, 0.1) is 0 Å². The number of thiophene rings is 2. The first-order valence-electron chi connectivity index (χ1n) is 16.4. The van der Waals surface area contributed by atoms with Crippen LogP contribution in [0.3, 0.4) is 0 Å². The molecule has 8 aromatic rings. The Morgan fingerprint density at radius 1 is 0.479 bits per heavy atom. The first kappa shape index (κ1) is 29.7. The van der Waals surface area contributed by atoms with Gasteiger partial charge in [0.15, 0.2) is 0 Å². The van der Waals surface area contributed by atoms with E-state index in [1.165, 1.54) is 57.3 Å². The Bertz CT molecular complexity index is 2350. The molecular weight excluding hydrogens is 625 g/mol. The highest BCUT2D eigenvalue weighted by Gasteiger charge is 2.51. The van der Waals surface area contributed by atoms with Crippen LogP contribution in [0.1, 0.15) is 27.7 Å². The first-order valence-corrected chi connectivity index (χ1v) is 18.1. The molecule has 2 aromatic heterocycles. The van der Waals surface area contributed by atoms with E-state index < -0.39 is 0 Å². The van der Waals surface area contributed by atoms with Crippen molar-refractivity contribution in [2.45, 2.75) is 38.9 Å². The van der Waals surface area contributed by atoms with Crippen molar-refractivity contribution >= 4 is 92.7 Å². The summed E-state index contributed by atoms with van der Waals surface area (Å²) in [5.74, 6) is 0. The Morgan fingerprint density at radius 2 is 0.917 bits per heavy atom. The van der Waals surface area contributed by atoms with Gasteiger partial charge >= 0.3 is 7.12 Å². The predicted molar refractivity (Wildman–Crippen MR) is 208 cm³/mol. The lowest BCUT2D eigenvalue weighted by molar-refractivity contribution is 0.00578. The van der Waals surface area contributed by atoms with E-state index in [2.05, 4.69) is 166 Å². The van der Waals surface area contributed by atoms with Crippen LogP contribution in [0.25, 0.3) is 51.5 Å². The van der Waals surface area contributed by atoms with Crippen molar-refractivity contribution in [3.05, 3.63) is 133 Å². The minimum Gasteiger partial charge on any atom is -0.399 e. The molecule has 0 unspecified atom stereocenters. The summed E-state index contributed by atoms with van der Waals surface area (Å²) in [6.45, 7) is 8.37. The van der Waals surface area contributed by atoms with Crippen LogP contribution in [-0.2, 0) is 9.31 Å². The molecule has 0 atom stereocenters. The summed E-state index contributed by atoms with van der Waals surface area (Å²) in [5, 5.41) is 5.19. The van der Waals surface area contributed by atoms with Crippen LogP contribution in [0.2, 0.25) is 0 Å². The Balaban J connectivity index is 1.15. The largest absolute Gasteiger partial charge is 0.494 e. The Hall–Kier alpha value is -4.46. The van der Waals surface area contributed by atoms with E-state index in [-0.39, 0.29) is 18.3 Å². The number of benzene rings is 6. The van der Waals surface area contributed by atoms with Gasteiger partial charge in [-0.2, -0.15) is 0 Å². The van der Waals surface area contributed by atoms with Gasteiger partial charge in [0.2, 0.25) is 0 Å². The number of anilines is 3. The summed E-state index contributed by atoms with van der Waals surface area (Å²) in [5.41, 5.74) is 6.15. The zero-order chi connectivity index (χ0) is 32.6. The molecule has 1 aliphatic heterocycles. The fraction of sp³-hybridized carbons (Fsp3) is 0.143. The smallest absolute Gasteiger partial charge is 0.399 e. The fourth-order valence-electron chi connectivity index (χ4n) is 6.84. The quantitative estimate of drug-likeness (QED) is 0.172. The maximum atomic E-state index is 6.30. The molecule has 6 heteroatoms. The lowest BCUT2D eigenvalue weighted by Gasteiger charge is -2.32. The third-order valence-corrected chi connectivity index (χ3v) is 12.6. The van der Waals surface area contributed by atoms with E-state index in [1.807, 2.05) is 22.7 Å². The number of rotatable bonds is 5. The number of nitrogens with zero attached hydrogens (tertiary/aromatic N) is 1. The Labute approximate surface area is 289 Å². The molecule has 0 N–H and O–H groups in total. The average molecular weight is 660 g/mol. The molecule has 0 saturated carbocycles. The van der Waals surface area contributed by atoms with E-state index in [0.717, 1.165) is 16.7 Å². The van der Waals surface area contributed by atoms with E-state index in [4.69, 9.17) is 9.31 Å². The molecule has 48 heavy (non-hydrogen) atoms. The van der Waals surface area contributed by atoms with Gasteiger partial charge in [-0.05, 0) is 80.7 Å². The van der Waals surface area contributed by atoms with E-state index in [0.29, 0.717) is 0 Å². The lowest BCUT2D eigenvalue weighted by atomic mass is 9.78. The molecule has 0 amide bonds. The molecule has 0 spiro atoms. The van der Waals surface area contributed by atoms with Gasteiger partial charge in [0.1, 0.15) is 0 Å². The molecule has 0 aliphatic carbocycles. The van der Waals surface area contributed by atoms with Crippen molar-refractivity contribution in [3.63, 3.8) is 0 Å². The SMILES string of the molecule is CC1(C)OB(c2ccc(-c3ccc(N(c4cccc5c4sc4ccccc45)c4cccc5c4sc4ccccc45)cc3)cc2)OC1(C)C. The van der Waals surface area contributed by atoms with Crippen LogP contribution < -0.4 is 10.4 Å². The topological polar surface area (TPSA) is 21.7 Å². The highest BCUT2D eigenvalue weighted by atomic mass is 32.1. The van der Waals surface area contributed by atoms with Crippen molar-refractivity contribution in [2.24, 2.45) is 0 Å². The molecule has 6 aromatic carbocycles. The zero-order valence-corrected chi connectivity index (χ0v) is 29.0. The number of hydrogen-bond donors (Lipinski definition) is 0. The zero-order valence-electron chi connectivity index (χ0n) is 27.4. The second-order valence-electron chi connectivity index (χ2n) is 13.6. The van der Waals surface area contributed by atoms with Crippen molar-refractivity contribution in [1.82, 2.24) is 0 Å². The normalized spacial score (nSPS) is 15.6. The molecular formula is C42H34BNO2S2. The van der Waals surface area contributed by atoms with Gasteiger partial charge in [-0.3, -0.25) is 0 Å². The van der Waals surface area contributed by atoms with Gasteiger partial charge in [0, 0.05) is 36.6 Å². The van der Waals surface area contributed by atoms with Gasteiger partial charge in [0.25, 0.3) is 0 Å². The second kappa shape index (κ2) is 11.0. The van der Waals surface area contributed by atoms with Gasteiger partial charge < -0.3 is 14.2 Å². The molecule has 0 radical (unpaired) electrons. The monoisotopic (exact) mass is 659 g/mol. The van der Waals surface area contributed by atoms with Crippen LogP contribution in [0.5, 0.6) is 0 Å². The summed E-state index contributed by atoms with van der Waals surface area (Å²) in [4.78, 5) is 2.46. The van der Waals surface area contributed by atoms with Gasteiger partial charge in [-0.1, -0.05) is 97.1 Å². The van der Waals surface area contributed by atoms with E-state index >= 15 is 0 Å². The molecule has 3 heterocycles. The maximum absolute atomic E-state index is 6.30. The minimum atomic E-state index is -0.367. The Kier molecular flexibility index (Phi) is 6.83. The molecule has 1 saturated heterocycles. The van der Waals surface area contributed by atoms with Gasteiger partial charge in [-0.25, -0.2) is 0 Å². The molecule has 234 valence electrons. The van der Waals surface area contributed by atoms with Gasteiger partial charge in [0.05, 0.1) is 32.0 Å². The molecule has 3 nitrogen and oxygen atoms in total. The van der Waals surface area contributed by atoms with Crippen molar-refractivity contribution < 1.29 is 9.31 Å². The summed E-state index contributed by atoms with van der Waals surface area (Å²) >= 11 is 3.74. The summed E-state index contributed by atoms with van der Waals surface area (Å²) in [6.07, 6.45) is 0. The standard InChI is InChI=1S/C42H34BNO2S2/c1-41(2)42(3,4)46-43(45-41)29-23-19-27(20-24-29)28-21-25-30(26-22-28)44(35-15-9-13-33-31-11-5-7-17-37(31)47-39(33)35)36-16-10-14-34-32-12-6-8-18-38(32)48-40(34)36/h5-26H,1-4H3. The maximum Gasteiger partial charge on any atom is 0.494 e. The number of fused-ring (bicyclic) bond motifs is 6. The first-order chi connectivity index (χ1) is 23.3. The van der Waals surface area contributed by atoms with Crippen LogP contribution >= 0.6 is 22.7 Å². The fourth-order valence-corrected chi connectivity index (χ4v) is 9.25. The third kappa shape index (κ3) is 4.70. The molecule has 1 aliphatic rings. The van der Waals surface area contributed by atoms with Crippen molar-refractivity contribution in [3.8, 4) is 11.1 Å². The van der Waals surface area contributed by atoms with Crippen LogP contribution in [-0.4, -0.2) is 18.3 Å². The summed E-state index contributed by atoms with van der Waals surface area (Å²) in [7, 11) is -0.367. The summed E-state index contributed by atoms with van der Waals surface area (Å²) < 4.78 is 17.8. The van der Waals surface area contributed by atoms with Gasteiger partial charge in [-0.15, -0.1) is 22.7 Å². The second-order valence-corrected chi connectivity index (χ2v) is 15.7. The average Bonchev–Trinajstić information content (AvgIpc) is 3.74. The lowest BCUT2D eigenvalue weighted by Crippen LogP contribution is -2.41. The van der Waals surface area contributed by atoms with Crippen molar-refractivity contribution in [2.75, 3.05) is 4.90 Å². The van der Waals surface area contributed by atoms with E-state index in [9.17, 15) is 0 Å². The molecule has 9 rings (SSSR count). The molecule has 1 fully saturated rings. The van der Waals surface area contributed by atoms with E-state index in [1.54, 1.807) is 0 Å². The minimum absolute atomic E-state index is 0.363. The van der Waals surface area contributed by atoms with Crippen LogP contribution in [0.4, 0.5) is 17.1 Å². The van der Waals surface area contributed by atoms with Crippen LogP contribution in [0.15, 0.2) is 133 Å². The number of hydrogen-bond acceptors (Lipinski definition) is 5.